The molecule has 1 aromatic carbocycles. The number of nitrogens with one attached hydrogen (secondary N) is 4. The van der Waals surface area contributed by atoms with Crippen molar-refractivity contribution in [2.75, 3.05) is 30.7 Å². The second kappa shape index (κ2) is 19.9. The molecule has 3 heterocycles. The summed E-state index contributed by atoms with van der Waals surface area (Å²) in [6.45, 7) is 4.82. The Balaban J connectivity index is 1.14. The van der Waals surface area contributed by atoms with Crippen molar-refractivity contribution in [3.8, 4) is 0 Å². The molecule has 1 saturated heterocycles. The number of carboxylic acid groups (broad SMARTS) is 1. The molecule has 0 bridgehead atoms. The normalized spacial score (nSPS) is 18.3. The quantitative estimate of drug-likeness (QED) is 0.0341. The second-order valence-corrected chi connectivity index (χ2v) is 15.0. The highest BCUT2D eigenvalue weighted by molar-refractivity contribution is 8.03. The lowest BCUT2D eigenvalue weighted by molar-refractivity contribution is -0.161. The zero-order valence-corrected chi connectivity index (χ0v) is 32.1. The molecule has 4 atom stereocenters. The van der Waals surface area contributed by atoms with Gasteiger partial charge in [-0.1, -0.05) is 32.4 Å². The number of anilines is 1. The van der Waals surface area contributed by atoms with Gasteiger partial charge >= 0.3 is 12.1 Å². The van der Waals surface area contributed by atoms with Gasteiger partial charge < -0.3 is 35.8 Å². The number of aliphatic hydroxyl groups excluding tert-OH is 1. The summed E-state index contributed by atoms with van der Waals surface area (Å²) in [5, 5.41) is 35.1. The smallest absolute Gasteiger partial charge is 0.415 e. The van der Waals surface area contributed by atoms with Gasteiger partial charge in [-0.3, -0.25) is 44.0 Å². The molecular weight excluding hydrogens is 751 g/mol. The maximum Gasteiger partial charge on any atom is 0.415 e. The van der Waals surface area contributed by atoms with E-state index in [2.05, 4.69) is 16.0 Å². The van der Waals surface area contributed by atoms with E-state index in [9.17, 15) is 48.6 Å². The molecule has 1 fully saturated rings. The maximum absolute atomic E-state index is 12.8. The van der Waals surface area contributed by atoms with Gasteiger partial charge in [0, 0.05) is 54.4 Å². The van der Waals surface area contributed by atoms with Crippen LogP contribution in [0.1, 0.15) is 58.4 Å². The largest absolute Gasteiger partial charge is 0.477 e. The molecule has 0 saturated carbocycles. The Labute approximate surface area is 327 Å². The van der Waals surface area contributed by atoms with Crippen molar-refractivity contribution in [3.63, 3.8) is 0 Å². The molecule has 4 rings (SSSR count). The van der Waals surface area contributed by atoms with Crippen molar-refractivity contribution in [1.82, 2.24) is 25.3 Å². The molecule has 302 valence electrons. The van der Waals surface area contributed by atoms with Crippen molar-refractivity contribution in [1.29, 1.82) is 5.41 Å². The van der Waals surface area contributed by atoms with Crippen molar-refractivity contribution >= 4 is 71.3 Å². The number of β-lactam (4-membered cyclic amide) rings is 1. The van der Waals surface area contributed by atoms with Gasteiger partial charge in [-0.2, -0.15) is 0 Å². The van der Waals surface area contributed by atoms with Crippen LogP contribution in [0.4, 0.5) is 10.5 Å². The van der Waals surface area contributed by atoms with Crippen LogP contribution in [0.15, 0.2) is 47.0 Å². The first-order chi connectivity index (χ1) is 26.6. The number of nitrogens with zero attached hydrogens (tertiary/aromatic N) is 3. The van der Waals surface area contributed by atoms with Crippen LogP contribution in [0.3, 0.4) is 0 Å². The van der Waals surface area contributed by atoms with Crippen molar-refractivity contribution in [2.24, 2.45) is 11.8 Å². The molecule has 0 spiro atoms. The summed E-state index contributed by atoms with van der Waals surface area (Å²) in [6.07, 6.45) is 3.63. The number of carbonyl (C=O) groups is 8. The Bertz CT molecular complexity index is 1760. The first-order valence-corrected chi connectivity index (χ1v) is 19.1. The molecule has 0 radical (unpaired) electrons. The van der Waals surface area contributed by atoms with Crippen LogP contribution >= 0.6 is 11.8 Å². The van der Waals surface area contributed by atoms with Crippen LogP contribution in [0.25, 0.3) is 0 Å². The minimum atomic E-state index is -1.25. The fourth-order valence-corrected chi connectivity index (χ4v) is 7.54. The van der Waals surface area contributed by atoms with E-state index in [0.717, 1.165) is 27.9 Å². The number of carboxylic acids is 1. The van der Waals surface area contributed by atoms with E-state index < -0.39 is 53.9 Å². The van der Waals surface area contributed by atoms with Crippen molar-refractivity contribution < 1.29 is 53.3 Å². The number of thioether (sulfide) groups is 1. The minimum absolute atomic E-state index is 0.0285. The zero-order chi connectivity index (χ0) is 41.1. The van der Waals surface area contributed by atoms with Gasteiger partial charge in [0.2, 0.25) is 23.6 Å². The van der Waals surface area contributed by atoms with Crippen LogP contribution in [-0.2, 0) is 44.9 Å². The van der Waals surface area contributed by atoms with Crippen LogP contribution in [0.2, 0.25) is 0 Å². The molecule has 2 unspecified atom stereocenters. The number of hydrogen-bond donors (Lipinski definition) is 6. The first-order valence-electron chi connectivity index (χ1n) is 18.2. The highest BCUT2D eigenvalue weighted by Crippen LogP contribution is 2.47. The van der Waals surface area contributed by atoms with Crippen molar-refractivity contribution in [2.45, 2.75) is 77.7 Å². The lowest BCUT2D eigenvalue weighted by Crippen LogP contribution is -2.61. The fourth-order valence-electron chi connectivity index (χ4n) is 6.39. The predicted molar refractivity (Wildman–Crippen MR) is 202 cm³/mol. The number of fused-ring (bicyclic) bond motifs is 1. The summed E-state index contributed by atoms with van der Waals surface area (Å²) in [5.74, 6) is -4.46. The average molecular weight is 798 g/mol. The SMILES string of the molecule is CC(C)[C@H](NC(=O)CCCCCN1C(=O)C=CC1=O)C(=O)NCC(=O)Nc1ccc(COC(=O)N(C=N)CCSC2=C(C(=O)O)N3C(=O)C([C@@H](C)O)C3C2)cc1. The van der Waals surface area contributed by atoms with E-state index in [4.69, 9.17) is 10.1 Å². The van der Waals surface area contributed by atoms with Gasteiger partial charge in [-0.05, 0) is 43.4 Å². The zero-order valence-electron chi connectivity index (χ0n) is 31.3. The molecule has 18 nitrogen and oxygen atoms in total. The van der Waals surface area contributed by atoms with E-state index in [0.29, 0.717) is 35.4 Å². The molecule has 0 aliphatic carbocycles. The first kappa shape index (κ1) is 43.2. The minimum Gasteiger partial charge on any atom is -0.477 e. The van der Waals surface area contributed by atoms with E-state index in [1.165, 1.54) is 24.0 Å². The number of imide groups is 1. The third-order valence-corrected chi connectivity index (χ3v) is 10.5. The van der Waals surface area contributed by atoms with E-state index in [-0.39, 0.29) is 74.2 Å². The Morgan fingerprint density at radius 1 is 1.02 bits per heavy atom. The Morgan fingerprint density at radius 3 is 2.30 bits per heavy atom. The average Bonchev–Trinajstić information content (AvgIpc) is 3.65. The fraction of sp³-hybridized carbons (Fsp3) is 0.486. The summed E-state index contributed by atoms with van der Waals surface area (Å²) >= 11 is 1.16. The molecule has 1 aromatic rings. The lowest BCUT2D eigenvalue weighted by atomic mass is 9.83. The van der Waals surface area contributed by atoms with E-state index >= 15 is 0 Å². The number of aliphatic carboxylic acids is 1. The highest BCUT2D eigenvalue weighted by atomic mass is 32.2. The summed E-state index contributed by atoms with van der Waals surface area (Å²) in [6, 6.07) is 5.09. The van der Waals surface area contributed by atoms with Crippen molar-refractivity contribution in [3.05, 3.63) is 52.6 Å². The predicted octanol–water partition coefficient (Wildman–Crippen LogP) is 1.55. The summed E-state index contributed by atoms with van der Waals surface area (Å²) in [4.78, 5) is 102. The third kappa shape index (κ3) is 11.0. The number of benzene rings is 1. The monoisotopic (exact) mass is 797 g/mol. The summed E-state index contributed by atoms with van der Waals surface area (Å²) in [7, 11) is 0. The van der Waals surface area contributed by atoms with Crippen LogP contribution in [0, 0.1) is 17.2 Å². The lowest BCUT2D eigenvalue weighted by Gasteiger charge is -2.44. The number of unbranched alkanes of at least 4 members (excludes halogenated alkanes) is 2. The molecular formula is C37H47N7O11S. The number of aliphatic hydroxyl groups is 1. The van der Waals surface area contributed by atoms with E-state index in [1.54, 1.807) is 38.1 Å². The van der Waals surface area contributed by atoms with Gasteiger partial charge in [0.1, 0.15) is 18.3 Å². The van der Waals surface area contributed by atoms with Gasteiger partial charge in [0.05, 0.1) is 30.9 Å². The van der Waals surface area contributed by atoms with Gasteiger partial charge in [0.15, 0.2) is 0 Å². The molecule has 0 aromatic heterocycles. The van der Waals surface area contributed by atoms with Gasteiger partial charge in [-0.25, -0.2) is 9.59 Å². The van der Waals surface area contributed by atoms with Gasteiger partial charge in [0.25, 0.3) is 11.8 Å². The highest BCUT2D eigenvalue weighted by Gasteiger charge is 2.56. The van der Waals surface area contributed by atoms with Crippen LogP contribution < -0.4 is 16.0 Å². The molecule has 19 heteroatoms. The molecule has 6 N–H and O–H groups in total. The molecule has 3 aliphatic heterocycles. The van der Waals surface area contributed by atoms with Gasteiger partial charge in [-0.15, -0.1) is 11.8 Å². The maximum atomic E-state index is 12.8. The Hall–Kier alpha value is -5.56. The van der Waals surface area contributed by atoms with Crippen LogP contribution in [-0.4, -0.2) is 122 Å². The Morgan fingerprint density at radius 2 is 1.70 bits per heavy atom. The molecule has 56 heavy (non-hydrogen) atoms. The Kier molecular flexibility index (Phi) is 15.3. The summed E-state index contributed by atoms with van der Waals surface area (Å²) < 4.78 is 5.32. The van der Waals surface area contributed by atoms with E-state index in [1.807, 2.05) is 0 Å². The summed E-state index contributed by atoms with van der Waals surface area (Å²) in [5.41, 5.74) is 0.871. The number of ether oxygens (including phenoxy) is 1. The standard InChI is InChI=1S/C37H47N7O11S/c1-21(2)32(41-27(46)7-5-4-6-14-43-29(48)12-13-30(43)49)34(50)39-18-28(47)40-24-10-8-23(9-11-24)19-55-37(54)42(20-38)15-16-56-26-17-25-31(22(3)45)35(51)44(25)33(26)36(52)53/h8-13,20-22,25,31-32,38,45H,4-7,14-19H2,1-3H3,(H,39,50)(H,40,47)(H,41,46)(H,52,53)/t22-,25?,31?,32+/m1/s1. The topological polar surface area (TPSA) is 256 Å². The molecule has 7 amide bonds. The number of hydrogen-bond acceptors (Lipinski definition) is 12. The number of amides is 7. The number of rotatable bonds is 21. The second-order valence-electron chi connectivity index (χ2n) is 13.8. The number of carbonyl (C=O) groups excluding carboxylic acids is 7. The molecule has 3 aliphatic rings. The van der Waals surface area contributed by atoms with Crippen LogP contribution in [0.5, 0.6) is 0 Å². The third-order valence-electron chi connectivity index (χ3n) is 9.36.